The summed E-state index contributed by atoms with van der Waals surface area (Å²) >= 11 is 0. The van der Waals surface area contributed by atoms with Gasteiger partial charge >= 0.3 is 6.03 Å². The lowest BCUT2D eigenvalue weighted by Crippen LogP contribution is -2.44. The zero-order valence-electron chi connectivity index (χ0n) is 17.8. The zero-order chi connectivity index (χ0) is 21.2. The maximum absolute atomic E-state index is 12.9. The van der Waals surface area contributed by atoms with E-state index in [1.54, 1.807) is 0 Å². The van der Waals surface area contributed by atoms with Gasteiger partial charge in [0.2, 0.25) is 0 Å². The van der Waals surface area contributed by atoms with Gasteiger partial charge < -0.3 is 15.0 Å². The minimum Gasteiger partial charge on any atom is -0.489 e. The summed E-state index contributed by atoms with van der Waals surface area (Å²) in [5.74, 6) is 0.810. The number of rotatable bonds is 9. The van der Waals surface area contributed by atoms with Gasteiger partial charge in [-0.2, -0.15) is 0 Å². The van der Waals surface area contributed by atoms with E-state index in [1.165, 1.54) is 0 Å². The van der Waals surface area contributed by atoms with E-state index in [9.17, 15) is 4.79 Å². The molecule has 0 fully saturated rings. The highest BCUT2D eigenvalue weighted by Crippen LogP contribution is 2.18. The van der Waals surface area contributed by atoms with Gasteiger partial charge in [0, 0.05) is 19.1 Å². The zero-order valence-corrected chi connectivity index (χ0v) is 17.8. The van der Waals surface area contributed by atoms with Crippen LogP contribution in [0.2, 0.25) is 0 Å². The van der Waals surface area contributed by atoms with Crippen LogP contribution in [0.4, 0.5) is 4.79 Å². The number of amides is 2. The van der Waals surface area contributed by atoms with E-state index in [-0.39, 0.29) is 12.1 Å². The van der Waals surface area contributed by atoms with Crippen LogP contribution in [0.25, 0.3) is 0 Å². The fourth-order valence-corrected chi connectivity index (χ4v) is 3.19. The van der Waals surface area contributed by atoms with Gasteiger partial charge in [0.25, 0.3) is 0 Å². The van der Waals surface area contributed by atoms with Crippen molar-refractivity contribution in [3.63, 3.8) is 0 Å². The van der Waals surface area contributed by atoms with Crippen LogP contribution in [-0.4, -0.2) is 17.0 Å². The highest BCUT2D eigenvalue weighted by molar-refractivity contribution is 5.74. The predicted molar refractivity (Wildman–Crippen MR) is 121 cm³/mol. The Bertz CT molecular complexity index is 913. The number of carbonyl (C=O) groups excluding carboxylic acids is 1. The van der Waals surface area contributed by atoms with Crippen molar-refractivity contribution in [3.8, 4) is 5.75 Å². The van der Waals surface area contributed by atoms with E-state index in [4.69, 9.17) is 4.74 Å². The first kappa shape index (κ1) is 21.4. The third-order valence-corrected chi connectivity index (χ3v) is 5.17. The predicted octanol–water partition coefficient (Wildman–Crippen LogP) is 5.78. The summed E-state index contributed by atoms with van der Waals surface area (Å²) in [6.45, 7) is 5.77. The van der Waals surface area contributed by atoms with Gasteiger partial charge in [0.1, 0.15) is 12.4 Å². The maximum atomic E-state index is 12.9. The second-order valence-corrected chi connectivity index (χ2v) is 7.45. The average Bonchev–Trinajstić information content (AvgIpc) is 2.81. The minimum atomic E-state index is -0.0520. The minimum absolute atomic E-state index is 0.0520. The molecule has 4 nitrogen and oxygen atoms in total. The van der Waals surface area contributed by atoms with E-state index in [1.807, 2.05) is 89.8 Å². The highest BCUT2D eigenvalue weighted by atomic mass is 16.5. The lowest BCUT2D eigenvalue weighted by Gasteiger charge is -2.29. The summed E-state index contributed by atoms with van der Waals surface area (Å²) in [5, 5.41) is 3.05. The standard InChI is InChI=1S/C26H30N2O2/c1-3-21(2)28(26(29)27-18-22-11-6-4-7-12-22)19-24-15-10-16-25(17-24)30-20-23-13-8-5-9-14-23/h4-17,21H,3,18-20H2,1-2H3,(H,27,29). The summed E-state index contributed by atoms with van der Waals surface area (Å²) in [5.41, 5.74) is 3.27. The van der Waals surface area contributed by atoms with Crippen LogP contribution >= 0.6 is 0 Å². The summed E-state index contributed by atoms with van der Waals surface area (Å²) in [7, 11) is 0. The normalized spacial score (nSPS) is 11.5. The smallest absolute Gasteiger partial charge is 0.318 e. The van der Waals surface area contributed by atoms with Crippen molar-refractivity contribution >= 4 is 6.03 Å². The molecular weight excluding hydrogens is 372 g/mol. The van der Waals surface area contributed by atoms with Crippen LogP contribution in [0, 0.1) is 0 Å². The fourth-order valence-electron chi connectivity index (χ4n) is 3.19. The summed E-state index contributed by atoms with van der Waals surface area (Å²) in [4.78, 5) is 14.8. The van der Waals surface area contributed by atoms with Crippen LogP contribution in [0.15, 0.2) is 84.9 Å². The molecule has 0 radical (unpaired) electrons. The lowest BCUT2D eigenvalue weighted by atomic mass is 10.1. The van der Waals surface area contributed by atoms with E-state index in [0.717, 1.165) is 28.9 Å². The van der Waals surface area contributed by atoms with Crippen LogP contribution in [0.1, 0.15) is 37.0 Å². The third kappa shape index (κ3) is 6.38. The molecule has 0 spiro atoms. The van der Waals surface area contributed by atoms with Gasteiger partial charge in [-0.15, -0.1) is 0 Å². The molecule has 0 saturated heterocycles. The van der Waals surface area contributed by atoms with Gasteiger partial charge in [0.15, 0.2) is 0 Å². The molecule has 1 unspecified atom stereocenters. The van der Waals surface area contributed by atoms with Gasteiger partial charge in [-0.1, -0.05) is 79.7 Å². The number of hydrogen-bond acceptors (Lipinski definition) is 2. The number of carbonyl (C=O) groups is 1. The lowest BCUT2D eigenvalue weighted by molar-refractivity contribution is 0.172. The van der Waals surface area contributed by atoms with Crippen LogP contribution in [-0.2, 0) is 19.7 Å². The Balaban J connectivity index is 1.63. The first-order valence-corrected chi connectivity index (χ1v) is 10.5. The number of nitrogens with zero attached hydrogens (tertiary/aromatic N) is 1. The molecule has 0 aliphatic heterocycles. The van der Waals surface area contributed by atoms with E-state index < -0.39 is 0 Å². The molecule has 30 heavy (non-hydrogen) atoms. The Kier molecular flexibility index (Phi) is 7.90. The Morgan fingerprint density at radius 2 is 1.53 bits per heavy atom. The van der Waals surface area contributed by atoms with Gasteiger partial charge in [-0.3, -0.25) is 0 Å². The fraction of sp³-hybridized carbons (Fsp3) is 0.269. The number of urea groups is 1. The van der Waals surface area contributed by atoms with Crippen LogP contribution < -0.4 is 10.1 Å². The molecule has 3 aromatic carbocycles. The Morgan fingerprint density at radius 3 is 2.20 bits per heavy atom. The SMILES string of the molecule is CCC(C)N(Cc1cccc(OCc2ccccc2)c1)C(=O)NCc1ccccc1. The van der Waals surface area contributed by atoms with Crippen molar-refractivity contribution in [1.29, 1.82) is 0 Å². The molecule has 0 bridgehead atoms. The summed E-state index contributed by atoms with van der Waals surface area (Å²) in [6.07, 6.45) is 0.892. The summed E-state index contributed by atoms with van der Waals surface area (Å²) < 4.78 is 5.95. The molecular formula is C26H30N2O2. The number of ether oxygens (including phenoxy) is 1. The molecule has 1 atom stereocenters. The van der Waals surface area contributed by atoms with Gasteiger partial charge in [-0.05, 0) is 42.2 Å². The number of nitrogens with one attached hydrogen (secondary N) is 1. The number of hydrogen-bond donors (Lipinski definition) is 1. The third-order valence-electron chi connectivity index (χ3n) is 5.17. The molecule has 3 aromatic rings. The average molecular weight is 403 g/mol. The molecule has 0 heterocycles. The monoisotopic (exact) mass is 402 g/mol. The second-order valence-electron chi connectivity index (χ2n) is 7.45. The Labute approximate surface area is 179 Å². The van der Waals surface area contributed by atoms with Gasteiger partial charge in [-0.25, -0.2) is 4.79 Å². The van der Waals surface area contributed by atoms with Crippen molar-refractivity contribution in [2.45, 2.75) is 46.0 Å². The van der Waals surface area contributed by atoms with Crippen molar-refractivity contribution in [2.24, 2.45) is 0 Å². The number of benzene rings is 3. The van der Waals surface area contributed by atoms with E-state index >= 15 is 0 Å². The Morgan fingerprint density at radius 1 is 0.900 bits per heavy atom. The quantitative estimate of drug-likeness (QED) is 0.493. The van der Waals surface area contributed by atoms with Crippen LogP contribution in [0.5, 0.6) is 5.75 Å². The summed E-state index contributed by atoms with van der Waals surface area (Å²) in [6, 6.07) is 28.1. The molecule has 0 aromatic heterocycles. The molecule has 0 saturated carbocycles. The molecule has 0 aliphatic carbocycles. The van der Waals surface area contributed by atoms with Crippen molar-refractivity contribution < 1.29 is 9.53 Å². The molecule has 156 valence electrons. The molecule has 1 N–H and O–H groups in total. The maximum Gasteiger partial charge on any atom is 0.318 e. The van der Waals surface area contributed by atoms with E-state index in [2.05, 4.69) is 19.2 Å². The van der Waals surface area contributed by atoms with Crippen molar-refractivity contribution in [1.82, 2.24) is 10.2 Å². The highest BCUT2D eigenvalue weighted by Gasteiger charge is 2.19. The molecule has 2 amide bonds. The van der Waals surface area contributed by atoms with Crippen LogP contribution in [0.3, 0.4) is 0 Å². The van der Waals surface area contributed by atoms with Crippen molar-refractivity contribution in [3.05, 3.63) is 102 Å². The molecule has 4 heteroatoms. The second kappa shape index (κ2) is 11.1. The van der Waals surface area contributed by atoms with E-state index in [0.29, 0.717) is 19.7 Å². The van der Waals surface area contributed by atoms with Crippen molar-refractivity contribution in [2.75, 3.05) is 0 Å². The molecule has 3 rings (SSSR count). The topological polar surface area (TPSA) is 41.6 Å². The first-order valence-electron chi connectivity index (χ1n) is 10.5. The Hall–Kier alpha value is -3.27. The van der Waals surface area contributed by atoms with Gasteiger partial charge in [0.05, 0.1) is 0 Å². The first-order chi connectivity index (χ1) is 14.7. The largest absolute Gasteiger partial charge is 0.489 e. The molecule has 0 aliphatic rings.